The number of hydrogen-bond donors (Lipinski definition) is 1. The third-order valence-corrected chi connectivity index (χ3v) is 4.68. The van der Waals surface area contributed by atoms with Gasteiger partial charge in [0.15, 0.2) is 10.8 Å². The monoisotopic (exact) mass is 296 g/mol. The molecule has 2 aromatic heterocycles. The maximum atomic E-state index is 8.98. The van der Waals surface area contributed by atoms with E-state index in [9.17, 15) is 0 Å². The van der Waals surface area contributed by atoms with Crippen LogP contribution in [0.25, 0.3) is 21.0 Å². The van der Waals surface area contributed by atoms with Crippen LogP contribution in [-0.4, -0.2) is 26.3 Å². The van der Waals surface area contributed by atoms with Gasteiger partial charge in [0.25, 0.3) is 0 Å². The van der Waals surface area contributed by atoms with E-state index in [1.54, 1.807) is 17.4 Å². The first-order chi connectivity index (χ1) is 10.3. The third-order valence-electron chi connectivity index (χ3n) is 3.66. The molecule has 6 nitrogen and oxygen atoms in total. The summed E-state index contributed by atoms with van der Waals surface area (Å²) in [6.45, 7) is 3.84. The second-order valence-electron chi connectivity index (χ2n) is 5.02. The number of thiazole rings is 1. The van der Waals surface area contributed by atoms with E-state index in [2.05, 4.69) is 38.1 Å². The van der Waals surface area contributed by atoms with Crippen LogP contribution in [0.2, 0.25) is 0 Å². The van der Waals surface area contributed by atoms with Crippen LogP contribution in [0.5, 0.6) is 0 Å². The number of fused-ring (bicyclic) bond motifs is 2. The molecular formula is C14H12N6S. The first kappa shape index (κ1) is 12.4. The molecule has 0 amide bonds. The second-order valence-corrected chi connectivity index (χ2v) is 6.05. The summed E-state index contributed by atoms with van der Waals surface area (Å²) in [7, 11) is 0. The predicted molar refractivity (Wildman–Crippen MR) is 79.8 cm³/mol. The van der Waals surface area contributed by atoms with E-state index in [-0.39, 0.29) is 6.04 Å². The minimum absolute atomic E-state index is 0.208. The van der Waals surface area contributed by atoms with Gasteiger partial charge in [0.05, 0.1) is 27.9 Å². The van der Waals surface area contributed by atoms with E-state index in [1.807, 2.05) is 12.1 Å². The van der Waals surface area contributed by atoms with E-state index < -0.39 is 0 Å². The van der Waals surface area contributed by atoms with Gasteiger partial charge in [-0.25, -0.2) is 4.98 Å². The molecule has 0 radical (unpaired) electrons. The zero-order valence-electron chi connectivity index (χ0n) is 11.4. The minimum atomic E-state index is 0.208. The van der Waals surface area contributed by atoms with E-state index in [4.69, 9.17) is 5.26 Å². The number of aromatic nitrogens is 4. The molecule has 3 heterocycles. The summed E-state index contributed by atoms with van der Waals surface area (Å²) in [6.07, 6.45) is 0. The summed E-state index contributed by atoms with van der Waals surface area (Å²) in [5.74, 6) is 1.77. The number of nitrogens with zero attached hydrogens (tertiary/aromatic N) is 5. The second kappa shape index (κ2) is 4.62. The molecule has 0 saturated carbocycles. The normalized spacial score (nSPS) is 17.6. The van der Waals surface area contributed by atoms with Crippen LogP contribution >= 0.6 is 11.3 Å². The molecule has 0 fully saturated rings. The summed E-state index contributed by atoms with van der Waals surface area (Å²) >= 11 is 1.55. The molecule has 3 aromatic rings. The molecule has 1 aliphatic rings. The Labute approximate surface area is 125 Å². The van der Waals surface area contributed by atoms with Gasteiger partial charge in [-0.3, -0.25) is 0 Å². The van der Waals surface area contributed by atoms with Crippen LogP contribution in [0.3, 0.4) is 0 Å². The summed E-state index contributed by atoms with van der Waals surface area (Å²) in [5, 5.41) is 21.8. The quantitative estimate of drug-likeness (QED) is 0.744. The van der Waals surface area contributed by atoms with Gasteiger partial charge in [-0.2, -0.15) is 5.26 Å². The van der Waals surface area contributed by atoms with Crippen molar-refractivity contribution < 1.29 is 0 Å². The van der Waals surface area contributed by atoms with Crippen molar-refractivity contribution in [2.75, 3.05) is 6.54 Å². The fourth-order valence-electron chi connectivity index (χ4n) is 2.59. The average Bonchev–Trinajstić information content (AvgIpc) is 3.10. The number of nitrogens with one attached hydrogen (secondary N) is 1. The first-order valence-electron chi connectivity index (χ1n) is 6.74. The standard InChI is InChI=1S/C14H12N6S/c1-8-12-18-19-13(20(12)5-4-16-8)14-17-10-3-2-9(7-15)6-11(10)21-14/h2-3,6,8,16H,4-5H2,1H3. The van der Waals surface area contributed by atoms with Crippen molar-refractivity contribution in [3.05, 3.63) is 29.6 Å². The number of benzene rings is 1. The molecular weight excluding hydrogens is 284 g/mol. The Hall–Kier alpha value is -2.30. The van der Waals surface area contributed by atoms with Gasteiger partial charge in [-0.15, -0.1) is 21.5 Å². The molecule has 4 rings (SSSR count). The Kier molecular flexibility index (Phi) is 2.74. The van der Waals surface area contributed by atoms with Crippen molar-refractivity contribution in [2.24, 2.45) is 0 Å². The van der Waals surface area contributed by atoms with Crippen molar-refractivity contribution in [3.8, 4) is 16.9 Å². The maximum Gasteiger partial charge on any atom is 0.193 e. The van der Waals surface area contributed by atoms with Gasteiger partial charge >= 0.3 is 0 Å². The van der Waals surface area contributed by atoms with Crippen LogP contribution in [0, 0.1) is 11.3 Å². The van der Waals surface area contributed by atoms with Crippen molar-refractivity contribution in [1.29, 1.82) is 5.26 Å². The van der Waals surface area contributed by atoms with Crippen molar-refractivity contribution >= 4 is 21.6 Å². The van der Waals surface area contributed by atoms with Crippen LogP contribution < -0.4 is 5.32 Å². The fourth-order valence-corrected chi connectivity index (χ4v) is 3.59. The van der Waals surface area contributed by atoms with Crippen LogP contribution in [0.15, 0.2) is 18.2 Å². The van der Waals surface area contributed by atoms with Crippen LogP contribution in [-0.2, 0) is 6.54 Å². The highest BCUT2D eigenvalue weighted by Crippen LogP contribution is 2.31. The minimum Gasteiger partial charge on any atom is -0.306 e. The molecule has 1 unspecified atom stereocenters. The Morgan fingerprint density at radius 2 is 2.33 bits per heavy atom. The molecule has 21 heavy (non-hydrogen) atoms. The highest BCUT2D eigenvalue weighted by Gasteiger charge is 2.23. The fraction of sp³-hybridized carbons (Fsp3) is 0.286. The van der Waals surface area contributed by atoms with Gasteiger partial charge in [0.1, 0.15) is 5.82 Å². The van der Waals surface area contributed by atoms with E-state index in [1.165, 1.54) is 0 Å². The zero-order valence-corrected chi connectivity index (χ0v) is 12.2. The zero-order chi connectivity index (χ0) is 14.4. The Morgan fingerprint density at radius 3 is 3.19 bits per heavy atom. The molecule has 0 saturated heterocycles. The van der Waals surface area contributed by atoms with E-state index >= 15 is 0 Å². The molecule has 1 N–H and O–H groups in total. The summed E-state index contributed by atoms with van der Waals surface area (Å²) in [6, 6.07) is 7.90. The Balaban J connectivity index is 1.86. The summed E-state index contributed by atoms with van der Waals surface area (Å²) in [4.78, 5) is 4.63. The topological polar surface area (TPSA) is 79.4 Å². The van der Waals surface area contributed by atoms with Crippen molar-refractivity contribution in [1.82, 2.24) is 25.1 Å². The van der Waals surface area contributed by atoms with Gasteiger partial charge in [0.2, 0.25) is 0 Å². The number of rotatable bonds is 1. The molecule has 7 heteroatoms. The first-order valence-corrected chi connectivity index (χ1v) is 7.55. The molecule has 104 valence electrons. The highest BCUT2D eigenvalue weighted by atomic mass is 32.1. The lowest BCUT2D eigenvalue weighted by Crippen LogP contribution is -2.32. The van der Waals surface area contributed by atoms with Crippen LogP contribution in [0.1, 0.15) is 24.4 Å². The number of nitriles is 1. The Morgan fingerprint density at radius 1 is 1.43 bits per heavy atom. The van der Waals surface area contributed by atoms with E-state index in [0.29, 0.717) is 5.56 Å². The van der Waals surface area contributed by atoms with Crippen LogP contribution in [0.4, 0.5) is 0 Å². The maximum absolute atomic E-state index is 8.98. The summed E-state index contributed by atoms with van der Waals surface area (Å²) in [5.41, 5.74) is 1.55. The van der Waals surface area contributed by atoms with E-state index in [0.717, 1.165) is 40.0 Å². The molecule has 1 aromatic carbocycles. The number of hydrogen-bond acceptors (Lipinski definition) is 6. The molecule has 0 spiro atoms. The van der Waals surface area contributed by atoms with Gasteiger partial charge in [0, 0.05) is 13.1 Å². The average molecular weight is 296 g/mol. The van der Waals surface area contributed by atoms with Crippen molar-refractivity contribution in [2.45, 2.75) is 19.5 Å². The lowest BCUT2D eigenvalue weighted by molar-refractivity contribution is 0.439. The molecule has 0 aliphatic carbocycles. The largest absolute Gasteiger partial charge is 0.306 e. The van der Waals surface area contributed by atoms with Crippen molar-refractivity contribution in [3.63, 3.8) is 0 Å². The van der Waals surface area contributed by atoms with Gasteiger partial charge in [-0.1, -0.05) is 0 Å². The molecule has 1 aliphatic heterocycles. The lowest BCUT2D eigenvalue weighted by atomic mass is 10.2. The Bertz CT molecular complexity index is 871. The van der Waals surface area contributed by atoms with Gasteiger partial charge < -0.3 is 9.88 Å². The lowest BCUT2D eigenvalue weighted by Gasteiger charge is -2.21. The molecule has 1 atom stereocenters. The predicted octanol–water partition coefficient (Wildman–Crippen LogP) is 2.09. The smallest absolute Gasteiger partial charge is 0.193 e. The highest BCUT2D eigenvalue weighted by molar-refractivity contribution is 7.21. The van der Waals surface area contributed by atoms with Gasteiger partial charge in [-0.05, 0) is 25.1 Å². The summed E-state index contributed by atoms with van der Waals surface area (Å²) < 4.78 is 3.13. The SMILES string of the molecule is CC1NCCn2c(-c3nc4ccc(C#N)cc4s3)nnc21. The third kappa shape index (κ3) is 1.92. The molecule has 0 bridgehead atoms.